The number of methoxy groups -OCH3 is 1. The maximum absolute atomic E-state index is 6.71. The second kappa shape index (κ2) is 8.72. The summed E-state index contributed by atoms with van der Waals surface area (Å²) in [5.74, 6) is 1.28. The van der Waals surface area contributed by atoms with Gasteiger partial charge in [0.1, 0.15) is 0 Å². The first kappa shape index (κ1) is 19.1. The molecule has 0 radical (unpaired) electrons. The van der Waals surface area contributed by atoms with Crippen LogP contribution in [0.2, 0.25) is 13.1 Å². The van der Waals surface area contributed by atoms with Crippen molar-refractivity contribution in [2.45, 2.75) is 26.9 Å². The molecule has 2 aromatic rings. The Hall–Kier alpha value is -2.26. The molecule has 0 heterocycles. The molecule has 0 saturated carbocycles. The van der Waals surface area contributed by atoms with Crippen molar-refractivity contribution in [3.05, 3.63) is 84.3 Å². The molecule has 0 spiro atoms. The number of ether oxygens (including phenoxy) is 1. The van der Waals surface area contributed by atoms with Crippen molar-refractivity contribution in [2.75, 3.05) is 7.11 Å². The summed E-state index contributed by atoms with van der Waals surface area (Å²) < 4.78 is 11.9. The van der Waals surface area contributed by atoms with Gasteiger partial charge in [0.05, 0.1) is 19.1 Å². The second-order valence-electron chi connectivity index (χ2n) is 6.82. The van der Waals surface area contributed by atoms with Crippen LogP contribution >= 0.6 is 0 Å². The molecule has 0 aromatic heterocycles. The maximum Gasteiger partial charge on any atom is 0.276 e. The predicted molar refractivity (Wildman–Crippen MR) is 109 cm³/mol. The van der Waals surface area contributed by atoms with Crippen LogP contribution in [0.4, 0.5) is 0 Å². The number of hydrogen-bond donors (Lipinski definition) is 0. The van der Waals surface area contributed by atoms with Gasteiger partial charge in [0, 0.05) is 11.5 Å². The highest BCUT2D eigenvalue weighted by atomic mass is 28.4. The highest BCUT2D eigenvalue weighted by Gasteiger charge is 2.29. The molecule has 2 rings (SSSR count). The zero-order chi connectivity index (χ0) is 18.3. The van der Waals surface area contributed by atoms with Crippen molar-refractivity contribution in [3.63, 3.8) is 0 Å². The maximum atomic E-state index is 6.71. The van der Waals surface area contributed by atoms with E-state index in [1.54, 1.807) is 13.4 Å². The summed E-state index contributed by atoms with van der Waals surface area (Å²) in [6, 6.07) is 20.9. The van der Waals surface area contributed by atoms with Crippen molar-refractivity contribution < 1.29 is 9.16 Å². The third-order valence-electron chi connectivity index (χ3n) is 4.08. The molecule has 0 N–H and O–H groups in total. The van der Waals surface area contributed by atoms with Crippen LogP contribution in [0.5, 0.6) is 0 Å². The molecule has 0 aliphatic heterocycles. The Morgan fingerprint density at radius 3 is 2.00 bits per heavy atom. The van der Waals surface area contributed by atoms with Gasteiger partial charge in [0.15, 0.2) is 0 Å². The molecule has 0 bridgehead atoms. The molecule has 0 unspecified atom stereocenters. The molecule has 0 amide bonds. The first-order chi connectivity index (χ1) is 12.0. The SMILES string of the molecule is CO/C=C/C(=C(/O[Si](C)(C)c1ccccc1)C(C)C)c1ccccc1. The molecule has 2 aromatic carbocycles. The fraction of sp³-hybridized carbons (Fsp3) is 0.273. The molecule has 3 heteroatoms. The molecule has 0 fully saturated rings. The lowest BCUT2D eigenvalue weighted by atomic mass is 9.99. The van der Waals surface area contributed by atoms with E-state index in [0.717, 1.165) is 16.9 Å². The predicted octanol–water partition coefficient (Wildman–Crippen LogP) is 5.34. The summed E-state index contributed by atoms with van der Waals surface area (Å²) in [7, 11) is -0.408. The minimum Gasteiger partial charge on any atom is -0.542 e. The van der Waals surface area contributed by atoms with Gasteiger partial charge in [0.2, 0.25) is 0 Å². The van der Waals surface area contributed by atoms with Crippen LogP contribution in [-0.2, 0) is 9.16 Å². The zero-order valence-corrected chi connectivity index (χ0v) is 16.8. The van der Waals surface area contributed by atoms with Gasteiger partial charge in [-0.05, 0) is 29.9 Å². The summed E-state index contributed by atoms with van der Waals surface area (Å²) >= 11 is 0. The number of rotatable bonds is 7. The van der Waals surface area contributed by atoms with Gasteiger partial charge >= 0.3 is 0 Å². The van der Waals surface area contributed by atoms with Crippen molar-refractivity contribution in [2.24, 2.45) is 5.92 Å². The Morgan fingerprint density at radius 2 is 1.48 bits per heavy atom. The van der Waals surface area contributed by atoms with Gasteiger partial charge in [0.25, 0.3) is 8.32 Å². The van der Waals surface area contributed by atoms with E-state index in [-0.39, 0.29) is 5.92 Å². The Kier molecular flexibility index (Phi) is 6.65. The van der Waals surface area contributed by atoms with Gasteiger partial charge in [-0.25, -0.2) is 0 Å². The normalized spacial score (nSPS) is 13.0. The van der Waals surface area contributed by atoms with Crippen LogP contribution in [0.3, 0.4) is 0 Å². The molecular weight excluding hydrogens is 324 g/mol. The molecule has 2 nitrogen and oxygen atoms in total. The minimum absolute atomic E-state index is 0.271. The standard InChI is InChI=1S/C22H28O2Si/c1-18(2)22(24-25(4,5)20-14-10-7-11-15-20)21(16-17-23-3)19-12-8-6-9-13-19/h6-18H,1-5H3/b17-16+,22-21-. The Morgan fingerprint density at radius 1 is 0.920 bits per heavy atom. The number of benzene rings is 2. The van der Waals surface area contributed by atoms with E-state index < -0.39 is 8.32 Å². The summed E-state index contributed by atoms with van der Waals surface area (Å²) in [4.78, 5) is 0. The van der Waals surface area contributed by atoms with E-state index in [1.807, 2.05) is 30.3 Å². The number of allylic oxidation sites excluding steroid dienone is 3. The van der Waals surface area contributed by atoms with Crippen molar-refractivity contribution in [3.8, 4) is 0 Å². The van der Waals surface area contributed by atoms with Crippen LogP contribution in [-0.4, -0.2) is 15.4 Å². The third-order valence-corrected chi connectivity index (χ3v) is 6.53. The van der Waals surface area contributed by atoms with Gasteiger partial charge in [-0.2, -0.15) is 0 Å². The highest BCUT2D eigenvalue weighted by molar-refractivity contribution is 6.84. The average molecular weight is 353 g/mol. The fourth-order valence-corrected chi connectivity index (χ4v) is 4.74. The fourth-order valence-electron chi connectivity index (χ4n) is 2.73. The van der Waals surface area contributed by atoms with Crippen LogP contribution in [0.1, 0.15) is 19.4 Å². The first-order valence-electron chi connectivity index (χ1n) is 8.69. The third kappa shape index (κ3) is 5.10. The van der Waals surface area contributed by atoms with E-state index in [2.05, 4.69) is 63.3 Å². The van der Waals surface area contributed by atoms with E-state index in [9.17, 15) is 0 Å². The minimum atomic E-state index is -2.07. The lowest BCUT2D eigenvalue weighted by Crippen LogP contribution is -2.45. The van der Waals surface area contributed by atoms with Crippen molar-refractivity contribution >= 4 is 19.1 Å². The van der Waals surface area contributed by atoms with Gasteiger partial charge in [-0.3, -0.25) is 0 Å². The lowest BCUT2D eigenvalue weighted by molar-refractivity contribution is 0.337. The van der Waals surface area contributed by atoms with E-state index in [0.29, 0.717) is 0 Å². The summed E-state index contributed by atoms with van der Waals surface area (Å²) in [6.45, 7) is 8.84. The largest absolute Gasteiger partial charge is 0.542 e. The van der Waals surface area contributed by atoms with Gasteiger partial charge in [-0.15, -0.1) is 0 Å². The Balaban J connectivity index is 2.51. The summed E-state index contributed by atoms with van der Waals surface area (Å²) in [5, 5.41) is 1.29. The molecule has 0 aliphatic rings. The van der Waals surface area contributed by atoms with Crippen LogP contribution in [0.25, 0.3) is 5.57 Å². The van der Waals surface area contributed by atoms with Crippen LogP contribution in [0, 0.1) is 5.92 Å². The zero-order valence-electron chi connectivity index (χ0n) is 15.8. The van der Waals surface area contributed by atoms with Gasteiger partial charge < -0.3 is 9.16 Å². The quantitative estimate of drug-likeness (QED) is 0.380. The van der Waals surface area contributed by atoms with E-state index >= 15 is 0 Å². The molecule has 132 valence electrons. The van der Waals surface area contributed by atoms with Crippen molar-refractivity contribution in [1.82, 2.24) is 0 Å². The van der Waals surface area contributed by atoms with Gasteiger partial charge in [-0.1, -0.05) is 74.5 Å². The molecule has 0 aliphatic carbocycles. The Labute approximate surface area is 152 Å². The number of hydrogen-bond acceptors (Lipinski definition) is 2. The van der Waals surface area contributed by atoms with Crippen LogP contribution < -0.4 is 5.19 Å². The highest BCUT2D eigenvalue weighted by Crippen LogP contribution is 2.29. The average Bonchev–Trinajstić information content (AvgIpc) is 2.62. The Bertz CT molecular complexity index is 716. The van der Waals surface area contributed by atoms with Crippen LogP contribution in [0.15, 0.2) is 78.8 Å². The smallest absolute Gasteiger partial charge is 0.276 e. The topological polar surface area (TPSA) is 18.5 Å². The lowest BCUT2D eigenvalue weighted by Gasteiger charge is -2.30. The molecular formula is C22H28O2Si. The van der Waals surface area contributed by atoms with Crippen molar-refractivity contribution in [1.29, 1.82) is 0 Å². The van der Waals surface area contributed by atoms with E-state index in [1.165, 1.54) is 5.19 Å². The summed E-state index contributed by atoms with van der Waals surface area (Å²) in [6.07, 6.45) is 3.71. The monoisotopic (exact) mass is 352 g/mol. The van der Waals surface area contributed by atoms with E-state index in [4.69, 9.17) is 9.16 Å². The molecule has 0 saturated heterocycles. The molecule has 0 atom stereocenters. The molecule has 25 heavy (non-hydrogen) atoms. The first-order valence-corrected chi connectivity index (χ1v) is 11.6. The summed E-state index contributed by atoms with van der Waals surface area (Å²) in [5.41, 5.74) is 2.21. The second-order valence-corrected chi connectivity index (χ2v) is 10.6.